The van der Waals surface area contributed by atoms with Gasteiger partial charge in [-0.3, -0.25) is 9.69 Å². The first-order chi connectivity index (χ1) is 11.6. The van der Waals surface area contributed by atoms with Crippen LogP contribution in [0.25, 0.3) is 0 Å². The Morgan fingerprint density at radius 3 is 2.71 bits per heavy atom. The van der Waals surface area contributed by atoms with E-state index >= 15 is 0 Å². The number of carbonyl (C=O) groups excluding carboxylic acids is 1. The zero-order valence-electron chi connectivity index (χ0n) is 14.1. The van der Waals surface area contributed by atoms with Crippen molar-refractivity contribution < 1.29 is 19.4 Å². The fraction of sp³-hybridized carbons (Fsp3) is 0.611. The van der Waals surface area contributed by atoms with Crippen LogP contribution in [0.5, 0.6) is 0 Å². The van der Waals surface area contributed by atoms with Crippen LogP contribution in [-0.4, -0.2) is 65.1 Å². The predicted octanol–water partition coefficient (Wildman–Crippen LogP) is 0.889. The molecular weight excluding hydrogens is 311 g/mol. The second-order valence-electron chi connectivity index (χ2n) is 6.30. The fourth-order valence-corrected chi connectivity index (χ4v) is 3.20. The first kappa shape index (κ1) is 18.8. The van der Waals surface area contributed by atoms with Crippen molar-refractivity contribution in [2.24, 2.45) is 0 Å². The van der Waals surface area contributed by atoms with E-state index in [2.05, 4.69) is 17.4 Å². The molecule has 0 aromatic heterocycles. The molecule has 1 aliphatic heterocycles. The second kappa shape index (κ2) is 9.11. The van der Waals surface area contributed by atoms with Crippen molar-refractivity contribution in [2.45, 2.75) is 50.5 Å². The van der Waals surface area contributed by atoms with Gasteiger partial charge in [-0.1, -0.05) is 37.3 Å². The van der Waals surface area contributed by atoms with Crippen LogP contribution in [0.1, 0.15) is 25.3 Å². The summed E-state index contributed by atoms with van der Waals surface area (Å²) >= 11 is 0. The van der Waals surface area contributed by atoms with Crippen LogP contribution in [0, 0.1) is 0 Å². The normalized spacial score (nSPS) is 27.8. The Balaban J connectivity index is 1.95. The molecule has 24 heavy (non-hydrogen) atoms. The highest BCUT2D eigenvalue weighted by Crippen LogP contribution is 2.22. The third-order valence-electron chi connectivity index (χ3n) is 4.61. The molecule has 0 bridgehead atoms. The van der Waals surface area contributed by atoms with Crippen LogP contribution in [0.15, 0.2) is 30.3 Å². The molecule has 1 saturated heterocycles. The molecule has 134 valence electrons. The van der Waals surface area contributed by atoms with Gasteiger partial charge < -0.3 is 15.5 Å². The van der Waals surface area contributed by atoms with E-state index in [-0.39, 0.29) is 18.9 Å². The number of amides is 1. The third kappa shape index (κ3) is 4.75. The third-order valence-corrected chi connectivity index (χ3v) is 4.61. The zero-order chi connectivity index (χ0) is 17.5. The van der Waals surface area contributed by atoms with E-state index in [4.69, 9.17) is 0 Å². The van der Waals surface area contributed by atoms with Crippen molar-refractivity contribution in [1.29, 1.82) is 0 Å². The molecule has 5 nitrogen and oxygen atoms in total. The van der Waals surface area contributed by atoms with E-state index in [0.717, 1.165) is 12.8 Å². The summed E-state index contributed by atoms with van der Waals surface area (Å²) in [7, 11) is 0. The van der Waals surface area contributed by atoms with Crippen LogP contribution >= 0.6 is 0 Å². The molecular formula is C18H27FN2O3. The van der Waals surface area contributed by atoms with Crippen molar-refractivity contribution in [2.75, 3.05) is 19.7 Å². The maximum atomic E-state index is 14.3. The van der Waals surface area contributed by atoms with Gasteiger partial charge in [-0.05, 0) is 24.9 Å². The number of aryl methyl sites for hydroxylation is 1. The lowest BCUT2D eigenvalue weighted by atomic mass is 9.93. The lowest BCUT2D eigenvalue weighted by Gasteiger charge is -2.44. The van der Waals surface area contributed by atoms with Gasteiger partial charge in [0.25, 0.3) is 0 Å². The van der Waals surface area contributed by atoms with E-state index in [1.165, 1.54) is 5.56 Å². The van der Waals surface area contributed by atoms with Crippen molar-refractivity contribution in [3.63, 3.8) is 0 Å². The lowest BCUT2D eigenvalue weighted by Crippen LogP contribution is -2.65. The Bertz CT molecular complexity index is 514. The Kier molecular flexibility index (Phi) is 7.15. The topological polar surface area (TPSA) is 72.8 Å². The van der Waals surface area contributed by atoms with Crippen LogP contribution in [0.4, 0.5) is 4.39 Å². The molecule has 1 aromatic rings. The molecule has 0 saturated carbocycles. The molecule has 3 N–H and O–H groups in total. The molecule has 0 radical (unpaired) electrons. The Hall–Kier alpha value is -1.50. The number of nitrogens with zero attached hydrogens (tertiary/aromatic N) is 1. The summed E-state index contributed by atoms with van der Waals surface area (Å²) in [4.78, 5) is 13.4. The van der Waals surface area contributed by atoms with Gasteiger partial charge in [-0.15, -0.1) is 0 Å². The summed E-state index contributed by atoms with van der Waals surface area (Å²) in [5, 5.41) is 22.3. The smallest absolute Gasteiger partial charge is 0.220 e. The number of benzene rings is 1. The quantitative estimate of drug-likeness (QED) is 0.690. The van der Waals surface area contributed by atoms with E-state index in [0.29, 0.717) is 13.1 Å². The largest absolute Gasteiger partial charge is 0.395 e. The molecule has 0 spiro atoms. The highest BCUT2D eigenvalue weighted by Gasteiger charge is 2.43. The second-order valence-corrected chi connectivity index (χ2v) is 6.30. The monoisotopic (exact) mass is 338 g/mol. The summed E-state index contributed by atoms with van der Waals surface area (Å²) < 4.78 is 14.3. The van der Waals surface area contributed by atoms with Gasteiger partial charge in [-0.2, -0.15) is 0 Å². The van der Waals surface area contributed by atoms with Crippen molar-refractivity contribution in [3.05, 3.63) is 35.9 Å². The van der Waals surface area contributed by atoms with Crippen molar-refractivity contribution in [1.82, 2.24) is 10.2 Å². The van der Waals surface area contributed by atoms with Crippen LogP contribution in [-0.2, 0) is 11.2 Å². The summed E-state index contributed by atoms with van der Waals surface area (Å²) in [6.45, 7) is 2.32. The summed E-state index contributed by atoms with van der Waals surface area (Å²) in [6, 6.07) is 8.67. The molecule has 0 aliphatic carbocycles. The molecule has 1 aromatic carbocycles. The molecule has 1 heterocycles. The van der Waals surface area contributed by atoms with E-state index in [1.54, 1.807) is 6.92 Å². The maximum absolute atomic E-state index is 14.3. The van der Waals surface area contributed by atoms with Gasteiger partial charge in [0, 0.05) is 13.0 Å². The van der Waals surface area contributed by atoms with Crippen LogP contribution < -0.4 is 5.32 Å². The average Bonchev–Trinajstić information content (AvgIpc) is 2.60. The van der Waals surface area contributed by atoms with Gasteiger partial charge in [0.15, 0.2) is 0 Å². The number of rotatable bonds is 7. The number of nitrogens with one attached hydrogen (secondary N) is 1. The number of aliphatic hydroxyl groups excluding tert-OH is 2. The number of alkyl halides is 1. The van der Waals surface area contributed by atoms with Crippen LogP contribution in [0.2, 0.25) is 0 Å². The number of piperidine rings is 1. The van der Waals surface area contributed by atoms with Gasteiger partial charge >= 0.3 is 0 Å². The number of likely N-dealkylation sites (tertiary alicyclic amines) is 1. The fourth-order valence-electron chi connectivity index (χ4n) is 3.20. The van der Waals surface area contributed by atoms with Gasteiger partial charge in [0.05, 0.1) is 18.7 Å². The Labute approximate surface area is 142 Å². The lowest BCUT2D eigenvalue weighted by molar-refractivity contribution is -0.125. The minimum atomic E-state index is -1.57. The average molecular weight is 338 g/mol. The first-order valence-corrected chi connectivity index (χ1v) is 8.57. The molecule has 1 aliphatic rings. The highest BCUT2D eigenvalue weighted by atomic mass is 19.1. The molecule has 4 atom stereocenters. The molecule has 6 heteroatoms. The molecule has 4 unspecified atom stereocenters. The number of hydrogen-bond acceptors (Lipinski definition) is 4. The van der Waals surface area contributed by atoms with E-state index in [9.17, 15) is 19.4 Å². The zero-order valence-corrected chi connectivity index (χ0v) is 14.1. The van der Waals surface area contributed by atoms with Crippen molar-refractivity contribution in [3.8, 4) is 0 Å². The van der Waals surface area contributed by atoms with E-state index < -0.39 is 24.4 Å². The van der Waals surface area contributed by atoms with E-state index in [1.807, 2.05) is 23.1 Å². The Morgan fingerprint density at radius 1 is 1.38 bits per heavy atom. The molecule has 1 fully saturated rings. The minimum Gasteiger partial charge on any atom is -0.395 e. The van der Waals surface area contributed by atoms with Crippen LogP contribution in [0.3, 0.4) is 0 Å². The van der Waals surface area contributed by atoms with Gasteiger partial charge in [0.2, 0.25) is 5.91 Å². The van der Waals surface area contributed by atoms with Gasteiger partial charge in [-0.25, -0.2) is 4.39 Å². The highest BCUT2D eigenvalue weighted by molar-refractivity contribution is 5.76. The van der Waals surface area contributed by atoms with Gasteiger partial charge in [0.1, 0.15) is 12.3 Å². The SMILES string of the molecule is CCC(=O)NC1CN(CCCc2ccccc2)C(CO)C(O)C1F. The summed E-state index contributed by atoms with van der Waals surface area (Å²) in [5.41, 5.74) is 1.22. The summed E-state index contributed by atoms with van der Waals surface area (Å²) in [6.07, 6.45) is -0.892. The maximum Gasteiger partial charge on any atom is 0.220 e. The molecule has 2 rings (SSSR count). The number of halogens is 1. The standard InChI is InChI=1S/C18H27FN2O3/c1-2-16(23)20-14-11-21(15(12-22)18(24)17(14)19)10-6-9-13-7-4-3-5-8-13/h3-5,7-8,14-15,17-18,22,24H,2,6,9-12H2,1H3,(H,20,23). The Morgan fingerprint density at radius 2 is 2.08 bits per heavy atom. The predicted molar refractivity (Wildman–Crippen MR) is 90.3 cm³/mol. The minimum absolute atomic E-state index is 0.235. The van der Waals surface area contributed by atoms with Crippen molar-refractivity contribution >= 4 is 5.91 Å². The molecule has 1 amide bonds. The number of carbonyl (C=O) groups is 1. The number of aliphatic hydroxyl groups is 2. The number of hydrogen-bond donors (Lipinski definition) is 3. The first-order valence-electron chi connectivity index (χ1n) is 8.57. The summed E-state index contributed by atoms with van der Waals surface area (Å²) in [5.74, 6) is -0.235.